The number of carboxylic acids is 1. The summed E-state index contributed by atoms with van der Waals surface area (Å²) in [5.74, 6) is -0.758. The summed E-state index contributed by atoms with van der Waals surface area (Å²) in [6.45, 7) is 6.06. The monoisotopic (exact) mass is 335 g/mol. The Morgan fingerprint density at radius 1 is 1.35 bits per heavy atom. The molecule has 0 aliphatic heterocycles. The van der Waals surface area contributed by atoms with Crippen molar-refractivity contribution in [1.82, 2.24) is 15.1 Å². The highest BCUT2D eigenvalue weighted by Crippen LogP contribution is 2.19. The number of nitrogens with zero attached hydrogens (tertiary/aromatic N) is 2. The lowest BCUT2D eigenvalue weighted by atomic mass is 10.2. The molecule has 0 aliphatic rings. The fourth-order valence-electron chi connectivity index (χ4n) is 2.51. The van der Waals surface area contributed by atoms with E-state index in [2.05, 4.69) is 10.4 Å². The SMILES string of the molecule is Cc1nn(Cc2ccccc2Cl)c(C)c1CNCCCC(=O)O. The van der Waals surface area contributed by atoms with Crippen LogP contribution in [0.1, 0.15) is 35.4 Å². The van der Waals surface area contributed by atoms with E-state index in [1.807, 2.05) is 42.8 Å². The molecule has 23 heavy (non-hydrogen) atoms. The number of benzene rings is 1. The normalized spacial score (nSPS) is 10.9. The first-order valence-corrected chi connectivity index (χ1v) is 8.05. The molecule has 0 spiro atoms. The molecule has 0 saturated carbocycles. The minimum Gasteiger partial charge on any atom is -0.481 e. The van der Waals surface area contributed by atoms with Crippen LogP contribution in [-0.2, 0) is 17.9 Å². The lowest BCUT2D eigenvalue weighted by Gasteiger charge is -2.08. The van der Waals surface area contributed by atoms with Crippen molar-refractivity contribution < 1.29 is 9.90 Å². The van der Waals surface area contributed by atoms with Gasteiger partial charge in [-0.2, -0.15) is 5.10 Å². The molecule has 0 unspecified atom stereocenters. The van der Waals surface area contributed by atoms with E-state index in [-0.39, 0.29) is 6.42 Å². The average Bonchev–Trinajstić information content (AvgIpc) is 2.76. The van der Waals surface area contributed by atoms with Crippen LogP contribution in [0.3, 0.4) is 0 Å². The van der Waals surface area contributed by atoms with Crippen molar-refractivity contribution in [2.75, 3.05) is 6.54 Å². The number of carboxylic acid groups (broad SMARTS) is 1. The zero-order chi connectivity index (χ0) is 16.8. The van der Waals surface area contributed by atoms with E-state index in [4.69, 9.17) is 16.7 Å². The number of hydrogen-bond donors (Lipinski definition) is 2. The molecule has 0 amide bonds. The van der Waals surface area contributed by atoms with Crippen molar-refractivity contribution >= 4 is 17.6 Å². The van der Waals surface area contributed by atoms with Gasteiger partial charge in [0, 0.05) is 29.2 Å². The van der Waals surface area contributed by atoms with Crippen LogP contribution in [0.25, 0.3) is 0 Å². The topological polar surface area (TPSA) is 67.2 Å². The number of aliphatic carboxylic acids is 1. The third-order valence-corrected chi connectivity index (χ3v) is 4.22. The Balaban J connectivity index is 1.99. The largest absolute Gasteiger partial charge is 0.481 e. The summed E-state index contributed by atoms with van der Waals surface area (Å²) in [4.78, 5) is 10.5. The molecule has 0 radical (unpaired) electrons. The standard InChI is InChI=1S/C17H22ClN3O2/c1-12-15(10-19-9-5-8-17(22)23)13(2)21(20-12)11-14-6-3-4-7-16(14)18/h3-4,6-7,19H,5,8-11H2,1-2H3,(H,22,23). The maximum absolute atomic E-state index is 10.5. The van der Waals surface area contributed by atoms with Crippen molar-refractivity contribution in [1.29, 1.82) is 0 Å². The summed E-state index contributed by atoms with van der Waals surface area (Å²) in [5, 5.41) is 17.3. The number of nitrogens with one attached hydrogen (secondary N) is 1. The number of hydrogen-bond acceptors (Lipinski definition) is 3. The molecular weight excluding hydrogens is 314 g/mol. The molecule has 0 bridgehead atoms. The molecule has 2 aromatic rings. The molecule has 124 valence electrons. The Kier molecular flexibility index (Phi) is 6.19. The molecule has 2 rings (SSSR count). The molecule has 1 aromatic carbocycles. The summed E-state index contributed by atoms with van der Waals surface area (Å²) in [6.07, 6.45) is 0.817. The lowest BCUT2D eigenvalue weighted by molar-refractivity contribution is -0.137. The zero-order valence-electron chi connectivity index (χ0n) is 13.5. The molecule has 6 heteroatoms. The van der Waals surface area contributed by atoms with E-state index in [9.17, 15) is 4.79 Å². The van der Waals surface area contributed by atoms with E-state index < -0.39 is 5.97 Å². The van der Waals surface area contributed by atoms with Gasteiger partial charge in [0.1, 0.15) is 0 Å². The molecule has 0 aliphatic carbocycles. The number of aryl methyl sites for hydroxylation is 1. The highest BCUT2D eigenvalue weighted by Gasteiger charge is 2.12. The van der Waals surface area contributed by atoms with Gasteiger partial charge in [0.15, 0.2) is 0 Å². The number of aromatic nitrogens is 2. The maximum atomic E-state index is 10.5. The zero-order valence-corrected chi connectivity index (χ0v) is 14.2. The average molecular weight is 336 g/mol. The summed E-state index contributed by atoms with van der Waals surface area (Å²) < 4.78 is 1.96. The molecule has 0 fully saturated rings. The first kappa shape index (κ1) is 17.5. The summed E-state index contributed by atoms with van der Waals surface area (Å²) in [7, 11) is 0. The predicted octanol–water partition coefficient (Wildman–Crippen LogP) is 3.16. The van der Waals surface area contributed by atoms with Crippen LogP contribution in [0.5, 0.6) is 0 Å². The van der Waals surface area contributed by atoms with Crippen molar-refractivity contribution in [3.63, 3.8) is 0 Å². The first-order chi connectivity index (χ1) is 11.0. The van der Waals surface area contributed by atoms with Gasteiger partial charge in [0.2, 0.25) is 0 Å². The fraction of sp³-hybridized carbons (Fsp3) is 0.412. The number of rotatable bonds is 8. The van der Waals surface area contributed by atoms with Gasteiger partial charge in [-0.3, -0.25) is 9.48 Å². The van der Waals surface area contributed by atoms with Crippen LogP contribution in [0.4, 0.5) is 0 Å². The molecule has 5 nitrogen and oxygen atoms in total. The van der Waals surface area contributed by atoms with Gasteiger partial charge in [-0.05, 0) is 38.4 Å². The molecule has 0 atom stereocenters. The number of halogens is 1. The van der Waals surface area contributed by atoms with Crippen LogP contribution in [0.15, 0.2) is 24.3 Å². The minimum atomic E-state index is -0.758. The van der Waals surface area contributed by atoms with Crippen molar-refractivity contribution in [3.8, 4) is 0 Å². The van der Waals surface area contributed by atoms with E-state index in [1.54, 1.807) is 0 Å². The van der Waals surface area contributed by atoms with Crippen molar-refractivity contribution in [2.45, 2.75) is 39.8 Å². The Morgan fingerprint density at radius 2 is 2.09 bits per heavy atom. The molecule has 1 aromatic heterocycles. The van der Waals surface area contributed by atoms with E-state index in [1.165, 1.54) is 0 Å². The quantitative estimate of drug-likeness (QED) is 0.727. The molecule has 1 heterocycles. The van der Waals surface area contributed by atoms with E-state index in [0.717, 1.165) is 27.5 Å². The minimum absolute atomic E-state index is 0.191. The van der Waals surface area contributed by atoms with Crippen molar-refractivity contribution in [2.24, 2.45) is 0 Å². The summed E-state index contributed by atoms with van der Waals surface area (Å²) >= 11 is 6.22. The molecule has 2 N–H and O–H groups in total. The summed E-state index contributed by atoms with van der Waals surface area (Å²) in [6, 6.07) is 7.77. The van der Waals surface area contributed by atoms with Crippen LogP contribution < -0.4 is 5.32 Å². The second-order valence-corrected chi connectivity index (χ2v) is 5.98. The second-order valence-electron chi connectivity index (χ2n) is 5.57. The molecular formula is C17H22ClN3O2. The molecule has 0 saturated heterocycles. The predicted molar refractivity (Wildman–Crippen MR) is 90.8 cm³/mol. The highest BCUT2D eigenvalue weighted by molar-refractivity contribution is 6.31. The van der Waals surface area contributed by atoms with Gasteiger partial charge in [-0.1, -0.05) is 29.8 Å². The third kappa shape index (κ3) is 4.81. The van der Waals surface area contributed by atoms with Crippen LogP contribution in [-0.4, -0.2) is 27.4 Å². The Morgan fingerprint density at radius 3 is 2.78 bits per heavy atom. The van der Waals surface area contributed by atoms with Gasteiger partial charge in [-0.25, -0.2) is 0 Å². The summed E-state index contributed by atoms with van der Waals surface area (Å²) in [5.41, 5.74) is 4.29. The Hall–Kier alpha value is -1.85. The first-order valence-electron chi connectivity index (χ1n) is 7.68. The van der Waals surface area contributed by atoms with Gasteiger partial charge in [0.25, 0.3) is 0 Å². The van der Waals surface area contributed by atoms with Crippen LogP contribution >= 0.6 is 11.6 Å². The Labute approximate surface area is 141 Å². The van der Waals surface area contributed by atoms with Crippen LogP contribution in [0.2, 0.25) is 5.02 Å². The highest BCUT2D eigenvalue weighted by atomic mass is 35.5. The smallest absolute Gasteiger partial charge is 0.303 e. The van der Waals surface area contributed by atoms with Gasteiger partial charge < -0.3 is 10.4 Å². The Bertz CT molecular complexity index is 682. The second kappa shape index (κ2) is 8.13. The lowest BCUT2D eigenvalue weighted by Crippen LogP contribution is -2.16. The van der Waals surface area contributed by atoms with Gasteiger partial charge >= 0.3 is 5.97 Å². The fourth-order valence-corrected chi connectivity index (χ4v) is 2.71. The van der Waals surface area contributed by atoms with Crippen LogP contribution in [0, 0.1) is 13.8 Å². The third-order valence-electron chi connectivity index (χ3n) is 3.86. The van der Waals surface area contributed by atoms with Crippen molar-refractivity contribution in [3.05, 3.63) is 51.8 Å². The van der Waals surface area contributed by atoms with E-state index in [0.29, 0.717) is 26.1 Å². The van der Waals surface area contributed by atoms with Gasteiger partial charge in [-0.15, -0.1) is 0 Å². The van der Waals surface area contributed by atoms with Gasteiger partial charge in [0.05, 0.1) is 12.2 Å². The number of carbonyl (C=O) groups is 1. The maximum Gasteiger partial charge on any atom is 0.303 e. The van der Waals surface area contributed by atoms with E-state index >= 15 is 0 Å².